The van der Waals surface area contributed by atoms with Gasteiger partial charge in [-0.25, -0.2) is 4.98 Å². The van der Waals surface area contributed by atoms with Crippen LogP contribution in [0.25, 0.3) is 21.8 Å². The summed E-state index contributed by atoms with van der Waals surface area (Å²) in [5.74, 6) is 0.376. The van der Waals surface area contributed by atoms with Crippen LogP contribution >= 0.6 is 11.3 Å². The van der Waals surface area contributed by atoms with Gasteiger partial charge in [0.25, 0.3) is 11.5 Å². The summed E-state index contributed by atoms with van der Waals surface area (Å²) >= 11 is 1.54. The Kier molecular flexibility index (Phi) is 5.00. The van der Waals surface area contributed by atoms with Crippen molar-refractivity contribution in [3.8, 4) is 21.8 Å². The highest BCUT2D eigenvalue weighted by Crippen LogP contribution is 2.39. The first-order chi connectivity index (χ1) is 15.1. The largest absolute Gasteiger partial charge is 0.321 e. The summed E-state index contributed by atoms with van der Waals surface area (Å²) in [5.41, 5.74) is 5.79. The maximum atomic E-state index is 13.0. The zero-order chi connectivity index (χ0) is 21.4. The Morgan fingerprint density at radius 1 is 1.06 bits per heavy atom. The van der Waals surface area contributed by atoms with Gasteiger partial charge < -0.3 is 10.3 Å². The van der Waals surface area contributed by atoms with Gasteiger partial charge in [-0.05, 0) is 54.2 Å². The van der Waals surface area contributed by atoms with Gasteiger partial charge in [0.1, 0.15) is 5.82 Å². The van der Waals surface area contributed by atoms with Gasteiger partial charge in [0.15, 0.2) is 0 Å². The predicted octanol–water partition coefficient (Wildman–Crippen LogP) is 5.08. The number of aromatic amines is 1. The summed E-state index contributed by atoms with van der Waals surface area (Å²) in [6.45, 7) is 1.96. The molecule has 2 N–H and O–H groups in total. The molecule has 6 heteroatoms. The van der Waals surface area contributed by atoms with E-state index in [9.17, 15) is 9.59 Å². The van der Waals surface area contributed by atoms with E-state index in [2.05, 4.69) is 33.5 Å². The topological polar surface area (TPSA) is 74.8 Å². The number of anilines is 1. The van der Waals surface area contributed by atoms with Crippen molar-refractivity contribution in [2.75, 3.05) is 5.32 Å². The molecule has 1 aliphatic rings. The first-order valence-corrected chi connectivity index (χ1v) is 11.2. The molecule has 4 aromatic rings. The molecule has 0 aliphatic heterocycles. The van der Waals surface area contributed by atoms with Crippen LogP contribution in [0.15, 0.2) is 65.5 Å². The molecule has 1 aliphatic carbocycles. The van der Waals surface area contributed by atoms with Crippen LogP contribution in [0.4, 0.5) is 5.69 Å². The smallest absolute Gasteiger partial charge is 0.265 e. The predicted molar refractivity (Wildman–Crippen MR) is 125 cm³/mol. The van der Waals surface area contributed by atoms with Gasteiger partial charge in [0.2, 0.25) is 0 Å². The molecule has 0 bridgehead atoms. The van der Waals surface area contributed by atoms with Gasteiger partial charge >= 0.3 is 0 Å². The first-order valence-electron chi connectivity index (χ1n) is 10.3. The fraction of sp³-hybridized carbons (Fsp3) is 0.160. The number of fused-ring (bicyclic) bond motifs is 3. The van der Waals surface area contributed by atoms with Crippen molar-refractivity contribution in [1.29, 1.82) is 0 Å². The second kappa shape index (κ2) is 7.96. The lowest BCUT2D eigenvalue weighted by Gasteiger charge is -2.15. The van der Waals surface area contributed by atoms with E-state index in [1.807, 2.05) is 43.3 Å². The molecule has 0 radical (unpaired) electrons. The summed E-state index contributed by atoms with van der Waals surface area (Å²) in [7, 11) is 0. The summed E-state index contributed by atoms with van der Waals surface area (Å²) in [6.07, 6.45) is 2.64. The van der Waals surface area contributed by atoms with Crippen molar-refractivity contribution in [2.24, 2.45) is 0 Å². The molecular weight excluding hydrogens is 406 g/mol. The molecule has 0 fully saturated rings. The molecule has 2 aromatic carbocycles. The van der Waals surface area contributed by atoms with Crippen LogP contribution < -0.4 is 10.9 Å². The Balaban J connectivity index is 1.41. The average molecular weight is 428 g/mol. The molecule has 5 nitrogen and oxygen atoms in total. The van der Waals surface area contributed by atoms with E-state index >= 15 is 0 Å². The van der Waals surface area contributed by atoms with Crippen molar-refractivity contribution in [1.82, 2.24) is 9.97 Å². The highest BCUT2D eigenvalue weighted by atomic mass is 32.1. The number of hydrogen-bond acceptors (Lipinski definition) is 4. The van der Waals surface area contributed by atoms with Crippen LogP contribution in [-0.2, 0) is 19.3 Å². The van der Waals surface area contributed by atoms with Crippen LogP contribution in [0, 0.1) is 0 Å². The number of rotatable bonds is 4. The number of nitrogens with zero attached hydrogens (tertiary/aromatic N) is 1. The molecular formula is C25H21N3O2S. The Labute approximate surface area is 183 Å². The minimum Gasteiger partial charge on any atom is -0.321 e. The quantitative estimate of drug-likeness (QED) is 0.477. The van der Waals surface area contributed by atoms with Gasteiger partial charge in [-0.3, -0.25) is 9.59 Å². The molecule has 31 heavy (non-hydrogen) atoms. The number of carbonyl (C=O) groups is 1. The lowest BCUT2D eigenvalue weighted by molar-refractivity contribution is 0.103. The summed E-state index contributed by atoms with van der Waals surface area (Å²) in [5, 5.41) is 3.00. The Morgan fingerprint density at radius 3 is 2.77 bits per heavy atom. The molecule has 0 atom stereocenters. The van der Waals surface area contributed by atoms with Gasteiger partial charge in [0.05, 0.1) is 4.88 Å². The zero-order valence-corrected chi connectivity index (χ0v) is 17.9. The van der Waals surface area contributed by atoms with Crippen molar-refractivity contribution in [3.63, 3.8) is 0 Å². The number of nitrogens with one attached hydrogen (secondary N) is 2. The molecule has 0 unspecified atom stereocenters. The third kappa shape index (κ3) is 3.82. The van der Waals surface area contributed by atoms with E-state index in [-0.39, 0.29) is 11.5 Å². The lowest BCUT2D eigenvalue weighted by Crippen LogP contribution is -2.11. The van der Waals surface area contributed by atoms with Crippen molar-refractivity contribution in [3.05, 3.63) is 92.7 Å². The molecule has 154 valence electrons. The molecule has 1 amide bonds. The SMILES string of the molecule is CCc1cc(=O)[nH]c(-c2cccc(NC(=O)c3cc4c(s3)-c3ccccc3CC4)c2)n1. The van der Waals surface area contributed by atoms with Crippen molar-refractivity contribution in [2.45, 2.75) is 26.2 Å². The van der Waals surface area contributed by atoms with Crippen LogP contribution in [0.1, 0.15) is 33.4 Å². The number of carbonyl (C=O) groups excluding carboxylic acids is 1. The number of amides is 1. The number of thiophene rings is 1. The van der Waals surface area contributed by atoms with Crippen molar-refractivity contribution >= 4 is 22.9 Å². The lowest BCUT2D eigenvalue weighted by atomic mass is 9.91. The van der Waals surface area contributed by atoms with Gasteiger partial charge in [0, 0.05) is 27.9 Å². The molecule has 2 aromatic heterocycles. The van der Waals surface area contributed by atoms with Crippen LogP contribution in [0.2, 0.25) is 0 Å². The zero-order valence-electron chi connectivity index (χ0n) is 17.1. The molecule has 2 heterocycles. The van der Waals surface area contributed by atoms with E-state index < -0.39 is 0 Å². The van der Waals surface area contributed by atoms with E-state index in [1.54, 1.807) is 11.3 Å². The molecule has 5 rings (SSSR count). The minimum atomic E-state index is -0.180. The Bertz CT molecular complexity index is 1350. The van der Waals surface area contributed by atoms with Gasteiger partial charge in [-0.15, -0.1) is 11.3 Å². The van der Waals surface area contributed by atoms with Crippen LogP contribution in [0.3, 0.4) is 0 Å². The standard InChI is InChI=1S/C25H21N3O2S/c1-2-18-14-22(29)28-24(26-18)17-7-5-8-19(12-17)27-25(30)21-13-16-11-10-15-6-3-4-9-20(15)23(16)31-21/h3-9,12-14H,2,10-11H2,1H3,(H,27,30)(H,26,28,29). The summed E-state index contributed by atoms with van der Waals surface area (Å²) < 4.78 is 0. The summed E-state index contributed by atoms with van der Waals surface area (Å²) in [6, 6.07) is 19.3. The molecule has 0 saturated heterocycles. The second-order valence-electron chi connectivity index (χ2n) is 7.60. The minimum absolute atomic E-state index is 0.127. The van der Waals surface area contributed by atoms with E-state index in [4.69, 9.17) is 0 Å². The highest BCUT2D eigenvalue weighted by Gasteiger charge is 2.21. The summed E-state index contributed by atoms with van der Waals surface area (Å²) in [4.78, 5) is 34.1. The average Bonchev–Trinajstić information content (AvgIpc) is 3.24. The monoisotopic (exact) mass is 427 g/mol. The number of aromatic nitrogens is 2. The van der Waals surface area contributed by atoms with Gasteiger partial charge in [-0.1, -0.05) is 43.3 Å². The Hall–Kier alpha value is -3.51. The molecule has 0 saturated carbocycles. The van der Waals surface area contributed by atoms with Crippen molar-refractivity contribution < 1.29 is 4.79 Å². The third-order valence-electron chi connectivity index (χ3n) is 5.51. The van der Waals surface area contributed by atoms with Crippen LogP contribution in [0.5, 0.6) is 0 Å². The van der Waals surface area contributed by atoms with E-state index in [1.165, 1.54) is 27.6 Å². The molecule has 0 spiro atoms. The number of H-pyrrole nitrogens is 1. The van der Waals surface area contributed by atoms with E-state index in [0.717, 1.165) is 24.1 Å². The fourth-order valence-electron chi connectivity index (χ4n) is 3.95. The normalized spacial score (nSPS) is 12.2. The van der Waals surface area contributed by atoms with E-state index in [0.29, 0.717) is 22.8 Å². The number of aryl methyl sites for hydroxylation is 3. The van der Waals surface area contributed by atoms with Gasteiger partial charge in [-0.2, -0.15) is 0 Å². The second-order valence-corrected chi connectivity index (χ2v) is 8.65. The highest BCUT2D eigenvalue weighted by molar-refractivity contribution is 7.17. The number of hydrogen-bond donors (Lipinski definition) is 2. The number of benzene rings is 2. The first kappa shape index (κ1) is 19.5. The maximum Gasteiger partial charge on any atom is 0.265 e. The fourth-order valence-corrected chi connectivity index (χ4v) is 5.11. The third-order valence-corrected chi connectivity index (χ3v) is 6.72. The maximum absolute atomic E-state index is 13.0. The van der Waals surface area contributed by atoms with Crippen LogP contribution in [-0.4, -0.2) is 15.9 Å². The Morgan fingerprint density at radius 2 is 1.90 bits per heavy atom.